The highest BCUT2D eigenvalue weighted by atomic mass is 16.6. The van der Waals surface area contributed by atoms with Crippen LogP contribution >= 0.6 is 0 Å². The van der Waals surface area contributed by atoms with E-state index in [-0.39, 0.29) is 17.0 Å². The molecular formula is C21H15N3O5. The van der Waals surface area contributed by atoms with E-state index in [1.165, 1.54) is 19.2 Å². The Hall–Kier alpha value is -4.38. The number of anilines is 1. The fourth-order valence-corrected chi connectivity index (χ4v) is 2.55. The van der Waals surface area contributed by atoms with Gasteiger partial charge in [-0.25, -0.2) is 0 Å². The van der Waals surface area contributed by atoms with Crippen molar-refractivity contribution in [3.8, 4) is 23.3 Å². The van der Waals surface area contributed by atoms with E-state index >= 15 is 0 Å². The predicted molar refractivity (Wildman–Crippen MR) is 105 cm³/mol. The first-order chi connectivity index (χ1) is 14.0. The SMILES string of the molecule is COc1ccc(C(=O)Nc2ccc(Oc3cccc(C#N)c3)cc2)cc1[N+](=O)[O-]. The van der Waals surface area contributed by atoms with Gasteiger partial charge in [-0.3, -0.25) is 14.9 Å². The minimum Gasteiger partial charge on any atom is -0.490 e. The van der Waals surface area contributed by atoms with Gasteiger partial charge >= 0.3 is 5.69 Å². The Morgan fingerprint density at radius 2 is 1.83 bits per heavy atom. The maximum absolute atomic E-state index is 12.4. The number of carbonyl (C=O) groups is 1. The van der Waals surface area contributed by atoms with Gasteiger partial charge in [-0.15, -0.1) is 0 Å². The number of nitrogens with one attached hydrogen (secondary N) is 1. The molecule has 3 aromatic carbocycles. The molecule has 0 radical (unpaired) electrons. The van der Waals surface area contributed by atoms with Gasteiger partial charge < -0.3 is 14.8 Å². The third-order valence-corrected chi connectivity index (χ3v) is 3.95. The van der Waals surface area contributed by atoms with Gasteiger partial charge in [-0.2, -0.15) is 5.26 Å². The highest BCUT2D eigenvalue weighted by Crippen LogP contribution is 2.28. The van der Waals surface area contributed by atoms with Crippen molar-refractivity contribution in [1.29, 1.82) is 5.26 Å². The third-order valence-electron chi connectivity index (χ3n) is 3.95. The molecule has 8 nitrogen and oxygen atoms in total. The first-order valence-corrected chi connectivity index (χ1v) is 8.42. The first kappa shape index (κ1) is 19.4. The number of nitriles is 1. The standard InChI is InChI=1S/C21H15N3O5/c1-28-20-10-5-15(12-19(20)24(26)27)21(25)23-16-6-8-17(9-7-16)29-18-4-2-3-14(11-18)13-22/h2-12H,1H3,(H,23,25). The summed E-state index contributed by atoms with van der Waals surface area (Å²) in [6, 6.07) is 19.4. The average molecular weight is 389 g/mol. The minimum atomic E-state index is -0.608. The number of nitrogens with zero attached hydrogens (tertiary/aromatic N) is 2. The lowest BCUT2D eigenvalue weighted by atomic mass is 10.1. The van der Waals surface area contributed by atoms with E-state index < -0.39 is 10.8 Å². The van der Waals surface area contributed by atoms with Crippen LogP contribution < -0.4 is 14.8 Å². The molecule has 1 amide bonds. The van der Waals surface area contributed by atoms with Gasteiger partial charge in [0.1, 0.15) is 11.5 Å². The van der Waals surface area contributed by atoms with Crippen molar-refractivity contribution >= 4 is 17.3 Å². The number of hydrogen-bond acceptors (Lipinski definition) is 6. The molecule has 3 rings (SSSR count). The van der Waals surface area contributed by atoms with Gasteiger partial charge in [0.15, 0.2) is 5.75 Å². The van der Waals surface area contributed by atoms with Crippen LogP contribution in [0.15, 0.2) is 66.7 Å². The van der Waals surface area contributed by atoms with Gasteiger partial charge in [-0.05, 0) is 54.6 Å². The normalized spacial score (nSPS) is 9.93. The lowest BCUT2D eigenvalue weighted by molar-refractivity contribution is -0.385. The number of nitro groups is 1. The van der Waals surface area contributed by atoms with Gasteiger partial charge in [0.25, 0.3) is 5.91 Å². The van der Waals surface area contributed by atoms with E-state index in [0.29, 0.717) is 22.7 Å². The summed E-state index contributed by atoms with van der Waals surface area (Å²) in [6.45, 7) is 0. The highest BCUT2D eigenvalue weighted by molar-refractivity contribution is 6.04. The number of methoxy groups -OCH3 is 1. The summed E-state index contributed by atoms with van der Waals surface area (Å²) >= 11 is 0. The predicted octanol–water partition coefficient (Wildman–Crippen LogP) is 4.52. The van der Waals surface area contributed by atoms with Gasteiger partial charge in [0.05, 0.1) is 23.7 Å². The maximum atomic E-state index is 12.4. The summed E-state index contributed by atoms with van der Waals surface area (Å²) < 4.78 is 10.6. The fourth-order valence-electron chi connectivity index (χ4n) is 2.55. The molecule has 0 heterocycles. The highest BCUT2D eigenvalue weighted by Gasteiger charge is 2.18. The van der Waals surface area contributed by atoms with E-state index in [1.54, 1.807) is 48.5 Å². The lowest BCUT2D eigenvalue weighted by Crippen LogP contribution is -2.12. The number of rotatable bonds is 6. The van der Waals surface area contributed by atoms with Gasteiger partial charge in [-0.1, -0.05) is 6.07 Å². The molecule has 0 aliphatic rings. The van der Waals surface area contributed by atoms with Crippen LogP contribution in [0.3, 0.4) is 0 Å². The molecule has 0 bridgehead atoms. The molecule has 0 aliphatic carbocycles. The maximum Gasteiger partial charge on any atom is 0.311 e. The molecular weight excluding hydrogens is 374 g/mol. The van der Waals surface area contributed by atoms with Crippen molar-refractivity contribution in [2.45, 2.75) is 0 Å². The number of amides is 1. The second-order valence-corrected chi connectivity index (χ2v) is 5.86. The Morgan fingerprint density at radius 3 is 2.48 bits per heavy atom. The zero-order valence-corrected chi connectivity index (χ0v) is 15.3. The van der Waals surface area contributed by atoms with Crippen molar-refractivity contribution in [2.24, 2.45) is 0 Å². The summed E-state index contributed by atoms with van der Waals surface area (Å²) in [6.07, 6.45) is 0. The Morgan fingerprint density at radius 1 is 1.07 bits per heavy atom. The van der Waals surface area contributed by atoms with Crippen LogP contribution in [0.1, 0.15) is 15.9 Å². The Kier molecular flexibility index (Phi) is 5.71. The number of benzene rings is 3. The summed E-state index contributed by atoms with van der Waals surface area (Å²) in [4.78, 5) is 22.9. The van der Waals surface area contributed by atoms with E-state index in [0.717, 1.165) is 6.07 Å². The molecule has 1 N–H and O–H groups in total. The van der Waals surface area contributed by atoms with Crippen LogP contribution in [0.5, 0.6) is 17.2 Å². The van der Waals surface area contributed by atoms with Gasteiger partial charge in [0.2, 0.25) is 0 Å². The van der Waals surface area contributed by atoms with E-state index in [4.69, 9.17) is 14.7 Å². The molecule has 0 unspecified atom stereocenters. The molecule has 0 saturated heterocycles. The topological polar surface area (TPSA) is 114 Å². The van der Waals surface area contributed by atoms with Crippen molar-refractivity contribution in [2.75, 3.05) is 12.4 Å². The molecule has 0 aliphatic heterocycles. The molecule has 8 heteroatoms. The zero-order chi connectivity index (χ0) is 20.8. The molecule has 0 atom stereocenters. The Bertz CT molecular complexity index is 1100. The van der Waals surface area contributed by atoms with Crippen LogP contribution in [0, 0.1) is 21.4 Å². The molecule has 0 saturated carbocycles. The first-order valence-electron chi connectivity index (χ1n) is 8.42. The Labute approximate surface area is 166 Å². The zero-order valence-electron chi connectivity index (χ0n) is 15.3. The van der Waals surface area contributed by atoms with Crippen molar-refractivity contribution in [1.82, 2.24) is 0 Å². The number of nitro benzene ring substituents is 1. The quantitative estimate of drug-likeness (QED) is 0.490. The van der Waals surface area contributed by atoms with E-state index in [9.17, 15) is 14.9 Å². The lowest BCUT2D eigenvalue weighted by Gasteiger charge is -2.09. The van der Waals surface area contributed by atoms with Gasteiger partial charge in [0, 0.05) is 17.3 Å². The van der Waals surface area contributed by atoms with Crippen molar-refractivity contribution < 1.29 is 19.2 Å². The second-order valence-electron chi connectivity index (χ2n) is 5.86. The minimum absolute atomic E-state index is 0.0773. The largest absolute Gasteiger partial charge is 0.490 e. The molecule has 0 aromatic heterocycles. The number of hydrogen-bond donors (Lipinski definition) is 1. The molecule has 3 aromatic rings. The summed E-state index contributed by atoms with van der Waals surface area (Å²) in [5, 5.41) is 22.7. The number of ether oxygens (including phenoxy) is 2. The monoisotopic (exact) mass is 389 g/mol. The second kappa shape index (κ2) is 8.54. The van der Waals surface area contributed by atoms with Crippen LogP contribution in [0.2, 0.25) is 0 Å². The van der Waals surface area contributed by atoms with Crippen molar-refractivity contribution in [3.63, 3.8) is 0 Å². The van der Waals surface area contributed by atoms with Crippen molar-refractivity contribution in [3.05, 3.63) is 88.0 Å². The Balaban J connectivity index is 1.71. The smallest absolute Gasteiger partial charge is 0.311 e. The molecule has 0 fully saturated rings. The van der Waals surface area contributed by atoms with Crippen LogP contribution in [0.25, 0.3) is 0 Å². The van der Waals surface area contributed by atoms with Crippen LogP contribution in [0.4, 0.5) is 11.4 Å². The number of carbonyl (C=O) groups excluding carboxylic acids is 1. The molecule has 29 heavy (non-hydrogen) atoms. The average Bonchev–Trinajstić information content (AvgIpc) is 2.74. The summed E-state index contributed by atoms with van der Waals surface area (Å²) in [7, 11) is 1.32. The molecule has 0 spiro atoms. The van der Waals surface area contributed by atoms with Crippen LogP contribution in [-0.2, 0) is 0 Å². The third kappa shape index (κ3) is 4.67. The van der Waals surface area contributed by atoms with Crippen LogP contribution in [-0.4, -0.2) is 17.9 Å². The van der Waals surface area contributed by atoms with E-state index in [2.05, 4.69) is 5.32 Å². The summed E-state index contributed by atoms with van der Waals surface area (Å²) in [5.74, 6) is 0.629. The summed E-state index contributed by atoms with van der Waals surface area (Å²) in [5.41, 5.74) is 0.821. The fraction of sp³-hybridized carbons (Fsp3) is 0.0476. The molecule has 144 valence electrons. The van der Waals surface area contributed by atoms with E-state index in [1.807, 2.05) is 6.07 Å².